The van der Waals surface area contributed by atoms with Crippen molar-refractivity contribution in [2.24, 2.45) is 0 Å². The molecule has 0 spiro atoms. The Balaban J connectivity index is 2.20. The number of anilines is 1. The number of aromatic nitrogens is 3. The summed E-state index contributed by atoms with van der Waals surface area (Å²) in [6.45, 7) is 6.35. The van der Waals surface area contributed by atoms with E-state index in [0.717, 1.165) is 22.2 Å². The number of hydrogen-bond donors (Lipinski definition) is 2. The highest BCUT2D eigenvalue weighted by Crippen LogP contribution is 2.31. The third-order valence-corrected chi connectivity index (χ3v) is 3.57. The highest BCUT2D eigenvalue weighted by molar-refractivity contribution is 5.99. The first kappa shape index (κ1) is 12.7. The van der Waals surface area contributed by atoms with Crippen LogP contribution in [0.4, 0.5) is 5.82 Å². The molecule has 0 aliphatic heterocycles. The molecule has 4 nitrogen and oxygen atoms in total. The average Bonchev–Trinajstić information content (AvgIpc) is 2.79. The van der Waals surface area contributed by atoms with Crippen LogP contribution in [-0.2, 0) is 0 Å². The molecule has 0 saturated heterocycles. The zero-order valence-electron chi connectivity index (χ0n) is 11.9. The van der Waals surface area contributed by atoms with Gasteiger partial charge in [-0.25, -0.2) is 4.98 Å². The van der Waals surface area contributed by atoms with Gasteiger partial charge in [0.1, 0.15) is 5.82 Å². The molecule has 102 valence electrons. The maximum Gasteiger partial charge on any atom is 0.183 e. The molecular weight excluding hydrogens is 248 g/mol. The van der Waals surface area contributed by atoms with Crippen molar-refractivity contribution in [3.63, 3.8) is 0 Å². The normalized spacial score (nSPS) is 11.4. The summed E-state index contributed by atoms with van der Waals surface area (Å²) in [6, 6.07) is 10.7. The van der Waals surface area contributed by atoms with Gasteiger partial charge in [-0.15, -0.1) is 0 Å². The van der Waals surface area contributed by atoms with E-state index in [1.54, 1.807) is 0 Å². The number of benzene rings is 1. The zero-order valence-corrected chi connectivity index (χ0v) is 11.9. The molecule has 2 heterocycles. The minimum Gasteiger partial charge on any atom is -0.383 e. The highest BCUT2D eigenvalue weighted by Gasteiger charge is 2.12. The number of nitrogens with zero attached hydrogens (tertiary/aromatic N) is 2. The molecule has 4 heteroatoms. The number of nitrogens with two attached hydrogens (primary N) is 1. The van der Waals surface area contributed by atoms with Crippen LogP contribution >= 0.6 is 0 Å². The number of fused-ring (bicyclic) bond motifs is 1. The Morgan fingerprint density at radius 3 is 2.50 bits per heavy atom. The summed E-state index contributed by atoms with van der Waals surface area (Å²) in [7, 11) is 0. The Kier molecular flexibility index (Phi) is 2.93. The van der Waals surface area contributed by atoms with Gasteiger partial charge in [0.2, 0.25) is 0 Å². The number of rotatable bonds is 2. The molecule has 0 aliphatic carbocycles. The number of hydrogen-bond acceptors (Lipinski definition) is 3. The fraction of sp³-hybridized carbons (Fsp3) is 0.250. The van der Waals surface area contributed by atoms with E-state index in [2.05, 4.69) is 59.4 Å². The predicted molar refractivity (Wildman–Crippen MR) is 82.6 cm³/mol. The summed E-state index contributed by atoms with van der Waals surface area (Å²) in [5, 5.41) is 7.85. The molecule has 0 bridgehead atoms. The molecule has 0 unspecified atom stereocenters. The van der Waals surface area contributed by atoms with Crippen molar-refractivity contribution in [1.29, 1.82) is 0 Å². The van der Waals surface area contributed by atoms with E-state index >= 15 is 0 Å². The van der Waals surface area contributed by atoms with Crippen molar-refractivity contribution in [3.8, 4) is 11.1 Å². The van der Waals surface area contributed by atoms with E-state index < -0.39 is 0 Å². The van der Waals surface area contributed by atoms with Gasteiger partial charge in [-0.2, -0.15) is 5.10 Å². The summed E-state index contributed by atoms with van der Waals surface area (Å²) in [6.07, 6.45) is 0. The molecule has 3 rings (SSSR count). The van der Waals surface area contributed by atoms with Crippen LogP contribution < -0.4 is 5.73 Å². The maximum atomic E-state index is 5.98. The van der Waals surface area contributed by atoms with E-state index in [0.29, 0.717) is 17.4 Å². The fourth-order valence-electron chi connectivity index (χ4n) is 2.45. The number of aromatic amines is 1. The summed E-state index contributed by atoms with van der Waals surface area (Å²) in [5.74, 6) is 1.10. The molecule has 0 radical (unpaired) electrons. The first-order valence-electron chi connectivity index (χ1n) is 6.78. The molecule has 3 aromatic rings. The van der Waals surface area contributed by atoms with E-state index in [1.807, 2.05) is 6.92 Å². The molecule has 0 amide bonds. The van der Waals surface area contributed by atoms with Crippen LogP contribution in [0, 0.1) is 6.92 Å². The van der Waals surface area contributed by atoms with Crippen LogP contribution in [0.3, 0.4) is 0 Å². The number of nitrogen functional groups attached to an aromatic ring is 1. The summed E-state index contributed by atoms with van der Waals surface area (Å²) in [5.41, 5.74) is 11.1. The number of pyridine rings is 1. The van der Waals surface area contributed by atoms with Gasteiger partial charge in [0.15, 0.2) is 5.65 Å². The van der Waals surface area contributed by atoms with Crippen LogP contribution in [0.5, 0.6) is 0 Å². The van der Waals surface area contributed by atoms with Gasteiger partial charge in [-0.3, -0.25) is 5.10 Å². The van der Waals surface area contributed by atoms with Crippen molar-refractivity contribution >= 4 is 16.9 Å². The Morgan fingerprint density at radius 2 is 1.85 bits per heavy atom. The van der Waals surface area contributed by atoms with E-state index in [1.165, 1.54) is 5.56 Å². The zero-order chi connectivity index (χ0) is 14.3. The quantitative estimate of drug-likeness (QED) is 0.744. The average molecular weight is 266 g/mol. The summed E-state index contributed by atoms with van der Waals surface area (Å²) in [4.78, 5) is 4.41. The molecule has 0 aliphatic rings. The van der Waals surface area contributed by atoms with E-state index in [-0.39, 0.29) is 0 Å². The van der Waals surface area contributed by atoms with Crippen molar-refractivity contribution in [2.45, 2.75) is 26.7 Å². The topological polar surface area (TPSA) is 67.6 Å². The van der Waals surface area contributed by atoms with Gasteiger partial charge in [-0.1, -0.05) is 38.1 Å². The second kappa shape index (κ2) is 4.63. The lowest BCUT2D eigenvalue weighted by Gasteiger charge is -2.09. The lowest BCUT2D eigenvalue weighted by Crippen LogP contribution is -1.91. The lowest BCUT2D eigenvalue weighted by atomic mass is 9.97. The third kappa shape index (κ3) is 2.03. The summed E-state index contributed by atoms with van der Waals surface area (Å²) >= 11 is 0. The minimum absolute atomic E-state index is 0.530. The van der Waals surface area contributed by atoms with Crippen LogP contribution in [0.2, 0.25) is 0 Å². The van der Waals surface area contributed by atoms with E-state index in [9.17, 15) is 0 Å². The smallest absolute Gasteiger partial charge is 0.183 e. The number of H-pyrrole nitrogens is 1. The standard InChI is InChI=1S/C16H18N4/c1-9(2)11-4-6-12(7-5-11)13-8-10(3)18-16-14(13)15(17)19-20-16/h4-9H,1-3H3,(H3,17,18,19,20). The molecule has 2 aromatic heterocycles. The number of nitrogens with one attached hydrogen (secondary N) is 1. The molecule has 0 atom stereocenters. The van der Waals surface area contributed by atoms with Crippen LogP contribution in [0.1, 0.15) is 31.0 Å². The molecular formula is C16H18N4. The van der Waals surface area contributed by atoms with Gasteiger partial charge in [-0.05, 0) is 35.6 Å². The summed E-state index contributed by atoms with van der Waals surface area (Å²) < 4.78 is 0. The first-order chi connectivity index (χ1) is 9.56. The lowest BCUT2D eigenvalue weighted by molar-refractivity contribution is 0.867. The Hall–Kier alpha value is -2.36. The van der Waals surface area contributed by atoms with Gasteiger partial charge < -0.3 is 5.73 Å². The van der Waals surface area contributed by atoms with Gasteiger partial charge in [0.05, 0.1) is 5.39 Å². The van der Waals surface area contributed by atoms with Crippen molar-refractivity contribution in [1.82, 2.24) is 15.2 Å². The monoisotopic (exact) mass is 266 g/mol. The van der Waals surface area contributed by atoms with E-state index in [4.69, 9.17) is 5.73 Å². The van der Waals surface area contributed by atoms with Gasteiger partial charge in [0, 0.05) is 5.69 Å². The first-order valence-corrected chi connectivity index (χ1v) is 6.78. The molecule has 0 fully saturated rings. The van der Waals surface area contributed by atoms with Crippen molar-refractivity contribution < 1.29 is 0 Å². The molecule has 3 N–H and O–H groups in total. The second-order valence-electron chi connectivity index (χ2n) is 5.42. The Labute approximate surface area is 118 Å². The molecule has 1 aromatic carbocycles. The molecule has 0 saturated carbocycles. The Bertz CT molecular complexity index is 754. The highest BCUT2D eigenvalue weighted by atomic mass is 15.2. The van der Waals surface area contributed by atoms with Crippen molar-refractivity contribution in [3.05, 3.63) is 41.6 Å². The van der Waals surface area contributed by atoms with Crippen LogP contribution in [0.15, 0.2) is 30.3 Å². The maximum absolute atomic E-state index is 5.98. The van der Waals surface area contributed by atoms with Crippen LogP contribution in [-0.4, -0.2) is 15.2 Å². The Morgan fingerprint density at radius 1 is 1.15 bits per heavy atom. The number of aryl methyl sites for hydroxylation is 1. The van der Waals surface area contributed by atoms with Crippen molar-refractivity contribution in [2.75, 3.05) is 5.73 Å². The largest absolute Gasteiger partial charge is 0.383 e. The predicted octanol–water partition coefficient (Wildman–Crippen LogP) is 3.64. The fourth-order valence-corrected chi connectivity index (χ4v) is 2.45. The second-order valence-corrected chi connectivity index (χ2v) is 5.42. The molecule has 20 heavy (non-hydrogen) atoms. The minimum atomic E-state index is 0.530. The van der Waals surface area contributed by atoms with Gasteiger partial charge in [0.25, 0.3) is 0 Å². The third-order valence-electron chi connectivity index (χ3n) is 3.57. The SMILES string of the molecule is Cc1cc(-c2ccc(C(C)C)cc2)c2c(N)[nH]nc2n1. The van der Waals surface area contributed by atoms with Crippen LogP contribution in [0.25, 0.3) is 22.2 Å². The van der Waals surface area contributed by atoms with Gasteiger partial charge >= 0.3 is 0 Å².